The Morgan fingerprint density at radius 1 is 1.15 bits per heavy atom. The van der Waals surface area contributed by atoms with E-state index in [1.807, 2.05) is 43.3 Å². The van der Waals surface area contributed by atoms with Gasteiger partial charge in [0.25, 0.3) is 5.91 Å². The topological polar surface area (TPSA) is 94.8 Å². The molecule has 4 rings (SSSR count). The Kier molecular flexibility index (Phi) is 7.21. The first kappa shape index (κ1) is 22.8. The summed E-state index contributed by atoms with van der Waals surface area (Å²) in [6, 6.07) is 14.8. The summed E-state index contributed by atoms with van der Waals surface area (Å²) in [5.41, 5.74) is 3.47. The average molecular weight is 481 g/mol. The van der Waals surface area contributed by atoms with E-state index in [0.29, 0.717) is 28.2 Å². The van der Waals surface area contributed by atoms with Crippen LogP contribution in [0.4, 0.5) is 0 Å². The number of amides is 1. The number of rotatable bonds is 8. The van der Waals surface area contributed by atoms with Gasteiger partial charge in [0.2, 0.25) is 0 Å². The molecule has 2 heterocycles. The SMILES string of the molecule is COc1ccc(CNC(=O)c2nnn(-c3ccc(C)c(Cl)c3)c2CSc2ncccn2)cc1. The zero-order chi connectivity index (χ0) is 23.2. The number of nitrogens with one attached hydrogen (secondary N) is 1. The number of benzene rings is 2. The maximum absolute atomic E-state index is 13.0. The van der Waals surface area contributed by atoms with Gasteiger partial charge in [0, 0.05) is 29.7 Å². The van der Waals surface area contributed by atoms with Gasteiger partial charge < -0.3 is 10.1 Å². The fourth-order valence-corrected chi connectivity index (χ4v) is 4.00. The van der Waals surface area contributed by atoms with Crippen LogP contribution in [0.3, 0.4) is 0 Å². The highest BCUT2D eigenvalue weighted by Crippen LogP contribution is 2.25. The molecule has 0 fully saturated rings. The van der Waals surface area contributed by atoms with Gasteiger partial charge in [0.1, 0.15) is 5.75 Å². The van der Waals surface area contributed by atoms with Crippen LogP contribution >= 0.6 is 23.4 Å². The van der Waals surface area contributed by atoms with Gasteiger partial charge in [0.15, 0.2) is 10.9 Å². The Labute approximate surface area is 200 Å². The van der Waals surface area contributed by atoms with E-state index in [9.17, 15) is 4.79 Å². The van der Waals surface area contributed by atoms with Gasteiger partial charge in [-0.1, -0.05) is 46.8 Å². The molecule has 0 unspecified atom stereocenters. The maximum Gasteiger partial charge on any atom is 0.274 e. The predicted molar refractivity (Wildman–Crippen MR) is 127 cm³/mol. The lowest BCUT2D eigenvalue weighted by Gasteiger charge is -2.10. The van der Waals surface area contributed by atoms with Crippen molar-refractivity contribution in [2.24, 2.45) is 0 Å². The first-order valence-corrected chi connectivity index (χ1v) is 11.4. The predicted octanol–water partition coefficient (Wildman–Crippen LogP) is 4.25. The van der Waals surface area contributed by atoms with Crippen molar-refractivity contribution < 1.29 is 9.53 Å². The number of ether oxygens (including phenoxy) is 1. The molecule has 168 valence electrons. The van der Waals surface area contributed by atoms with E-state index in [1.165, 1.54) is 11.8 Å². The van der Waals surface area contributed by atoms with Gasteiger partial charge in [-0.05, 0) is 48.4 Å². The van der Waals surface area contributed by atoms with Crippen LogP contribution in [-0.4, -0.2) is 38.0 Å². The molecule has 10 heteroatoms. The summed E-state index contributed by atoms with van der Waals surface area (Å²) in [4.78, 5) is 21.5. The number of thioether (sulfide) groups is 1. The number of halogens is 1. The summed E-state index contributed by atoms with van der Waals surface area (Å²) in [6.45, 7) is 2.27. The molecule has 8 nitrogen and oxygen atoms in total. The van der Waals surface area contributed by atoms with E-state index in [1.54, 1.807) is 36.3 Å². The molecule has 0 saturated heterocycles. The number of hydrogen-bond acceptors (Lipinski definition) is 7. The summed E-state index contributed by atoms with van der Waals surface area (Å²) < 4.78 is 6.80. The first-order valence-electron chi connectivity index (χ1n) is 10.1. The molecule has 0 aliphatic rings. The van der Waals surface area contributed by atoms with Crippen LogP contribution in [0.15, 0.2) is 66.1 Å². The van der Waals surface area contributed by atoms with Gasteiger partial charge in [-0.3, -0.25) is 4.79 Å². The zero-order valence-electron chi connectivity index (χ0n) is 18.0. The number of hydrogen-bond donors (Lipinski definition) is 1. The standard InChI is InChI=1S/C23H21ClN6O2S/c1-15-4-7-17(12-19(15)24)30-20(14-33-23-25-10-3-11-26-23)21(28-29-30)22(31)27-13-16-5-8-18(32-2)9-6-16/h3-12H,13-14H2,1-2H3,(H,27,31). The largest absolute Gasteiger partial charge is 0.497 e. The Morgan fingerprint density at radius 2 is 1.91 bits per heavy atom. The van der Waals surface area contributed by atoms with Crippen LogP contribution in [-0.2, 0) is 12.3 Å². The molecule has 0 aliphatic heterocycles. The van der Waals surface area contributed by atoms with Crippen molar-refractivity contribution in [3.63, 3.8) is 0 Å². The molecule has 0 atom stereocenters. The van der Waals surface area contributed by atoms with Gasteiger partial charge in [-0.2, -0.15) is 0 Å². The van der Waals surface area contributed by atoms with E-state index < -0.39 is 0 Å². The van der Waals surface area contributed by atoms with E-state index in [0.717, 1.165) is 22.6 Å². The summed E-state index contributed by atoms with van der Waals surface area (Å²) >= 11 is 7.72. The Balaban J connectivity index is 1.59. The van der Waals surface area contributed by atoms with Crippen molar-refractivity contribution >= 4 is 29.3 Å². The third-order valence-electron chi connectivity index (χ3n) is 4.87. The number of carbonyl (C=O) groups is 1. The smallest absolute Gasteiger partial charge is 0.274 e. The van der Waals surface area contributed by atoms with Crippen molar-refractivity contribution in [1.29, 1.82) is 0 Å². The number of aromatic nitrogens is 5. The lowest BCUT2D eigenvalue weighted by Crippen LogP contribution is -2.24. The quantitative estimate of drug-likeness (QED) is 0.297. The van der Waals surface area contributed by atoms with Crippen molar-refractivity contribution in [3.8, 4) is 11.4 Å². The highest BCUT2D eigenvalue weighted by molar-refractivity contribution is 7.98. The molecular weight excluding hydrogens is 460 g/mol. The van der Waals surface area contributed by atoms with Gasteiger partial charge >= 0.3 is 0 Å². The highest BCUT2D eigenvalue weighted by Gasteiger charge is 2.21. The van der Waals surface area contributed by atoms with E-state index in [4.69, 9.17) is 16.3 Å². The van der Waals surface area contributed by atoms with Crippen LogP contribution in [0.25, 0.3) is 5.69 Å². The van der Waals surface area contributed by atoms with Crippen LogP contribution in [0.2, 0.25) is 5.02 Å². The van der Waals surface area contributed by atoms with E-state index in [2.05, 4.69) is 25.6 Å². The number of nitrogens with zero attached hydrogens (tertiary/aromatic N) is 5. The normalized spacial score (nSPS) is 10.8. The lowest BCUT2D eigenvalue weighted by atomic mass is 10.2. The number of carbonyl (C=O) groups excluding carboxylic acids is 1. The Hall–Kier alpha value is -3.43. The molecule has 0 aliphatic carbocycles. The fourth-order valence-electron chi connectivity index (χ4n) is 3.03. The highest BCUT2D eigenvalue weighted by atomic mass is 35.5. The second-order valence-electron chi connectivity index (χ2n) is 7.08. The minimum Gasteiger partial charge on any atom is -0.497 e. The van der Waals surface area contributed by atoms with Gasteiger partial charge in [-0.25, -0.2) is 14.6 Å². The molecule has 2 aromatic carbocycles. The molecule has 2 aromatic heterocycles. The molecule has 0 bridgehead atoms. The first-order chi connectivity index (χ1) is 16.0. The molecule has 33 heavy (non-hydrogen) atoms. The summed E-state index contributed by atoms with van der Waals surface area (Å²) in [5, 5.41) is 12.5. The lowest BCUT2D eigenvalue weighted by molar-refractivity contribution is 0.0945. The van der Waals surface area contributed by atoms with Crippen LogP contribution < -0.4 is 10.1 Å². The van der Waals surface area contributed by atoms with Crippen LogP contribution in [0.1, 0.15) is 27.3 Å². The Bertz CT molecular complexity index is 1250. The maximum atomic E-state index is 13.0. The van der Waals surface area contributed by atoms with Crippen LogP contribution in [0.5, 0.6) is 5.75 Å². The second-order valence-corrected chi connectivity index (χ2v) is 8.43. The minimum atomic E-state index is -0.320. The number of aryl methyl sites for hydroxylation is 1. The van der Waals surface area contributed by atoms with Crippen molar-refractivity contribution in [3.05, 3.63) is 88.5 Å². The molecule has 0 spiro atoms. The second kappa shape index (κ2) is 10.5. The summed E-state index contributed by atoms with van der Waals surface area (Å²) in [7, 11) is 1.61. The zero-order valence-corrected chi connectivity index (χ0v) is 19.6. The van der Waals surface area contributed by atoms with Crippen LogP contribution in [0, 0.1) is 6.92 Å². The number of methoxy groups -OCH3 is 1. The van der Waals surface area contributed by atoms with Gasteiger partial charge in [0.05, 0.1) is 18.5 Å². The summed E-state index contributed by atoms with van der Waals surface area (Å²) in [5.74, 6) is 0.834. The minimum absolute atomic E-state index is 0.239. The average Bonchev–Trinajstić information content (AvgIpc) is 3.28. The van der Waals surface area contributed by atoms with E-state index >= 15 is 0 Å². The monoisotopic (exact) mass is 480 g/mol. The van der Waals surface area contributed by atoms with Crippen molar-refractivity contribution in [2.75, 3.05) is 7.11 Å². The van der Waals surface area contributed by atoms with Crippen molar-refractivity contribution in [2.45, 2.75) is 24.4 Å². The van der Waals surface area contributed by atoms with Gasteiger partial charge in [-0.15, -0.1) is 5.10 Å². The summed E-state index contributed by atoms with van der Waals surface area (Å²) in [6.07, 6.45) is 3.35. The Morgan fingerprint density at radius 3 is 2.61 bits per heavy atom. The fraction of sp³-hybridized carbons (Fsp3) is 0.174. The van der Waals surface area contributed by atoms with Crippen molar-refractivity contribution in [1.82, 2.24) is 30.3 Å². The third-order valence-corrected chi connectivity index (χ3v) is 6.16. The molecular formula is C23H21ClN6O2S. The molecule has 1 N–H and O–H groups in total. The molecule has 4 aromatic rings. The molecule has 0 saturated carbocycles. The van der Waals surface area contributed by atoms with E-state index in [-0.39, 0.29) is 11.6 Å². The molecule has 1 amide bonds. The third kappa shape index (κ3) is 5.50. The molecule has 0 radical (unpaired) electrons.